The first-order valence-corrected chi connectivity index (χ1v) is 7.13. The summed E-state index contributed by atoms with van der Waals surface area (Å²) in [5, 5.41) is 16.7. The first-order valence-electron chi connectivity index (χ1n) is 6.75. The number of aromatic nitrogens is 2. The van der Waals surface area contributed by atoms with Crippen molar-refractivity contribution >= 4 is 29.2 Å². The SMILES string of the molecule is Cc1nn(C)c(C)c1NC(=O)COC(=O)c1cc(Cl)ccc1O. The standard InChI is InChI=1S/C15H16ClN3O4/c1-8-14(9(2)19(3)18-8)17-13(21)7-23-15(22)11-6-10(16)4-5-12(11)20/h4-6,20H,7H2,1-3H3,(H,17,21). The van der Waals surface area contributed by atoms with Gasteiger partial charge < -0.3 is 15.2 Å². The van der Waals surface area contributed by atoms with Crippen LogP contribution in [0.2, 0.25) is 5.02 Å². The first-order chi connectivity index (χ1) is 10.8. The quantitative estimate of drug-likeness (QED) is 0.834. The van der Waals surface area contributed by atoms with Gasteiger partial charge in [-0.05, 0) is 32.0 Å². The van der Waals surface area contributed by atoms with Crippen LogP contribution in [0.3, 0.4) is 0 Å². The summed E-state index contributed by atoms with van der Waals surface area (Å²) in [6, 6.07) is 3.99. The number of halogens is 1. The summed E-state index contributed by atoms with van der Waals surface area (Å²) in [4.78, 5) is 23.8. The first kappa shape index (κ1) is 16.8. The maximum absolute atomic E-state index is 11.9. The van der Waals surface area contributed by atoms with Crippen molar-refractivity contribution in [2.45, 2.75) is 13.8 Å². The minimum Gasteiger partial charge on any atom is -0.507 e. The van der Waals surface area contributed by atoms with Gasteiger partial charge in [0.25, 0.3) is 5.91 Å². The summed E-state index contributed by atoms with van der Waals surface area (Å²) >= 11 is 5.76. The fourth-order valence-corrected chi connectivity index (χ4v) is 2.18. The number of esters is 1. The van der Waals surface area contributed by atoms with Crippen molar-refractivity contribution in [2.75, 3.05) is 11.9 Å². The van der Waals surface area contributed by atoms with Gasteiger partial charge in [0.15, 0.2) is 6.61 Å². The van der Waals surface area contributed by atoms with Gasteiger partial charge in [-0.1, -0.05) is 11.6 Å². The van der Waals surface area contributed by atoms with Crippen LogP contribution in [0.25, 0.3) is 0 Å². The maximum atomic E-state index is 11.9. The molecule has 0 fully saturated rings. The number of aryl methyl sites for hydroxylation is 2. The van der Waals surface area contributed by atoms with Gasteiger partial charge >= 0.3 is 5.97 Å². The minimum absolute atomic E-state index is 0.0981. The molecule has 1 amide bonds. The molecule has 0 aliphatic heterocycles. The number of hydrogen-bond donors (Lipinski definition) is 2. The molecule has 0 radical (unpaired) electrons. The van der Waals surface area contributed by atoms with Crippen LogP contribution >= 0.6 is 11.6 Å². The number of carbonyl (C=O) groups excluding carboxylic acids is 2. The molecular formula is C15H16ClN3O4. The molecule has 1 aromatic heterocycles. The second-order valence-electron chi connectivity index (χ2n) is 4.96. The molecule has 7 nitrogen and oxygen atoms in total. The Kier molecular flexibility index (Phi) is 4.90. The summed E-state index contributed by atoms with van der Waals surface area (Å²) in [7, 11) is 1.76. The molecule has 1 aromatic carbocycles. The van der Waals surface area contributed by atoms with E-state index in [2.05, 4.69) is 10.4 Å². The van der Waals surface area contributed by atoms with Crippen LogP contribution in [-0.2, 0) is 16.6 Å². The molecule has 0 atom stereocenters. The normalized spacial score (nSPS) is 10.4. The second kappa shape index (κ2) is 6.70. The van der Waals surface area contributed by atoms with Gasteiger partial charge in [-0.15, -0.1) is 0 Å². The zero-order valence-electron chi connectivity index (χ0n) is 12.9. The van der Waals surface area contributed by atoms with Crippen molar-refractivity contribution in [2.24, 2.45) is 7.05 Å². The summed E-state index contributed by atoms with van der Waals surface area (Å²) in [6.45, 7) is 3.09. The van der Waals surface area contributed by atoms with Gasteiger partial charge in [0.05, 0.1) is 17.1 Å². The van der Waals surface area contributed by atoms with Crippen LogP contribution in [0.15, 0.2) is 18.2 Å². The Morgan fingerprint density at radius 1 is 1.39 bits per heavy atom. The fourth-order valence-electron chi connectivity index (χ4n) is 2.01. The monoisotopic (exact) mass is 337 g/mol. The summed E-state index contributed by atoms with van der Waals surface area (Å²) in [5.41, 5.74) is 1.94. The Hall–Kier alpha value is -2.54. The molecule has 23 heavy (non-hydrogen) atoms. The summed E-state index contributed by atoms with van der Waals surface area (Å²) in [6.07, 6.45) is 0. The van der Waals surface area contributed by atoms with E-state index in [1.54, 1.807) is 18.7 Å². The highest BCUT2D eigenvalue weighted by Gasteiger charge is 2.17. The molecule has 0 aliphatic rings. The Labute approximate surface area is 137 Å². The van der Waals surface area contributed by atoms with E-state index >= 15 is 0 Å². The van der Waals surface area contributed by atoms with E-state index < -0.39 is 18.5 Å². The van der Waals surface area contributed by atoms with E-state index in [1.165, 1.54) is 18.2 Å². The molecule has 0 spiro atoms. The van der Waals surface area contributed by atoms with Crippen LogP contribution in [0.1, 0.15) is 21.7 Å². The zero-order valence-corrected chi connectivity index (χ0v) is 13.6. The van der Waals surface area contributed by atoms with E-state index in [-0.39, 0.29) is 16.3 Å². The van der Waals surface area contributed by atoms with Crippen molar-refractivity contribution in [3.05, 3.63) is 40.2 Å². The number of hydrogen-bond acceptors (Lipinski definition) is 5. The van der Waals surface area contributed by atoms with E-state index in [0.717, 1.165) is 5.69 Å². The second-order valence-corrected chi connectivity index (χ2v) is 5.39. The van der Waals surface area contributed by atoms with Gasteiger partial charge in [0.2, 0.25) is 0 Å². The van der Waals surface area contributed by atoms with Crippen molar-refractivity contribution < 1.29 is 19.4 Å². The molecule has 0 saturated heterocycles. The highest BCUT2D eigenvalue weighted by atomic mass is 35.5. The lowest BCUT2D eigenvalue weighted by atomic mass is 10.2. The Bertz CT molecular complexity index is 770. The topological polar surface area (TPSA) is 93.5 Å². The number of phenols is 1. The smallest absolute Gasteiger partial charge is 0.342 e. The predicted molar refractivity (Wildman–Crippen MR) is 84.7 cm³/mol. The predicted octanol–water partition coefficient (Wildman–Crippen LogP) is 2.19. The number of amides is 1. The van der Waals surface area contributed by atoms with Gasteiger partial charge in [-0.3, -0.25) is 9.48 Å². The lowest BCUT2D eigenvalue weighted by Gasteiger charge is -2.08. The molecule has 122 valence electrons. The van der Waals surface area contributed by atoms with Crippen LogP contribution < -0.4 is 5.32 Å². The molecule has 0 bridgehead atoms. The largest absolute Gasteiger partial charge is 0.507 e. The van der Waals surface area contributed by atoms with E-state index in [1.807, 2.05) is 6.92 Å². The number of nitrogens with one attached hydrogen (secondary N) is 1. The van der Waals surface area contributed by atoms with E-state index in [4.69, 9.17) is 16.3 Å². The Balaban J connectivity index is 1.99. The number of carbonyl (C=O) groups is 2. The van der Waals surface area contributed by atoms with Crippen molar-refractivity contribution in [1.29, 1.82) is 0 Å². The lowest BCUT2D eigenvalue weighted by Crippen LogP contribution is -2.21. The van der Waals surface area contributed by atoms with Crippen molar-refractivity contribution in [3.63, 3.8) is 0 Å². The number of ether oxygens (including phenoxy) is 1. The molecule has 0 unspecified atom stereocenters. The fraction of sp³-hybridized carbons (Fsp3) is 0.267. The van der Waals surface area contributed by atoms with Gasteiger partial charge in [-0.25, -0.2) is 4.79 Å². The maximum Gasteiger partial charge on any atom is 0.342 e. The average molecular weight is 338 g/mol. The van der Waals surface area contributed by atoms with Gasteiger partial charge in [-0.2, -0.15) is 5.10 Å². The Morgan fingerprint density at radius 3 is 2.70 bits per heavy atom. The highest BCUT2D eigenvalue weighted by Crippen LogP contribution is 2.22. The minimum atomic E-state index is -0.834. The molecule has 1 heterocycles. The molecule has 0 saturated carbocycles. The number of benzene rings is 1. The van der Waals surface area contributed by atoms with Gasteiger partial charge in [0, 0.05) is 12.1 Å². The van der Waals surface area contributed by atoms with Crippen LogP contribution in [0, 0.1) is 13.8 Å². The molecule has 0 aliphatic carbocycles. The Morgan fingerprint density at radius 2 is 2.09 bits per heavy atom. The number of anilines is 1. The molecular weight excluding hydrogens is 322 g/mol. The summed E-state index contributed by atoms with van der Waals surface area (Å²) in [5.74, 6) is -1.60. The molecule has 2 aromatic rings. The lowest BCUT2D eigenvalue weighted by molar-refractivity contribution is -0.119. The van der Waals surface area contributed by atoms with Crippen LogP contribution in [0.5, 0.6) is 5.75 Å². The number of nitrogens with zero attached hydrogens (tertiary/aromatic N) is 2. The third kappa shape index (κ3) is 3.81. The third-order valence-electron chi connectivity index (χ3n) is 3.29. The molecule has 2 rings (SSSR count). The molecule has 2 N–H and O–H groups in total. The van der Waals surface area contributed by atoms with Crippen molar-refractivity contribution in [3.8, 4) is 5.75 Å². The highest BCUT2D eigenvalue weighted by molar-refractivity contribution is 6.31. The number of phenolic OH excluding ortho intramolecular Hbond substituents is 1. The zero-order chi connectivity index (χ0) is 17.1. The number of rotatable bonds is 4. The van der Waals surface area contributed by atoms with E-state index in [0.29, 0.717) is 11.4 Å². The van der Waals surface area contributed by atoms with Crippen molar-refractivity contribution in [1.82, 2.24) is 9.78 Å². The van der Waals surface area contributed by atoms with Gasteiger partial charge in [0.1, 0.15) is 11.3 Å². The average Bonchev–Trinajstić information content (AvgIpc) is 2.73. The third-order valence-corrected chi connectivity index (χ3v) is 3.52. The summed E-state index contributed by atoms with van der Waals surface area (Å²) < 4.78 is 6.53. The van der Waals surface area contributed by atoms with E-state index in [9.17, 15) is 14.7 Å². The molecule has 8 heteroatoms. The van der Waals surface area contributed by atoms with Crippen LogP contribution in [0.4, 0.5) is 5.69 Å². The number of aromatic hydroxyl groups is 1. The van der Waals surface area contributed by atoms with Crippen LogP contribution in [-0.4, -0.2) is 33.4 Å².